The number of nitrogens with zero attached hydrogens (tertiary/aromatic N) is 2. The van der Waals surface area contributed by atoms with Gasteiger partial charge in [0.25, 0.3) is 5.91 Å². The minimum absolute atomic E-state index is 0.0748. The summed E-state index contributed by atoms with van der Waals surface area (Å²) in [5, 5.41) is 1.97. The Morgan fingerprint density at radius 1 is 1.00 bits per heavy atom. The fourth-order valence-electron chi connectivity index (χ4n) is 2.57. The van der Waals surface area contributed by atoms with Gasteiger partial charge in [0.2, 0.25) is 0 Å². The summed E-state index contributed by atoms with van der Waals surface area (Å²) in [6, 6.07) is 17.3. The summed E-state index contributed by atoms with van der Waals surface area (Å²) in [5.41, 5.74) is 4.72. The number of carbonyl (C=O) groups is 1. The van der Waals surface area contributed by atoms with Crippen LogP contribution in [0.2, 0.25) is 0 Å². The van der Waals surface area contributed by atoms with E-state index in [0.29, 0.717) is 12.2 Å². The number of piperazine rings is 1. The van der Waals surface area contributed by atoms with Crippen LogP contribution < -0.4 is 10.2 Å². The van der Waals surface area contributed by atoms with Gasteiger partial charge in [-0.15, -0.1) is 0 Å². The van der Waals surface area contributed by atoms with E-state index in [0.717, 1.165) is 37.5 Å². The summed E-state index contributed by atoms with van der Waals surface area (Å²) in [6.45, 7) is 4.15. The van der Waals surface area contributed by atoms with Gasteiger partial charge >= 0.3 is 0 Å². The van der Waals surface area contributed by atoms with E-state index < -0.39 is 0 Å². The van der Waals surface area contributed by atoms with Gasteiger partial charge in [-0.25, -0.2) is 5.01 Å². The summed E-state index contributed by atoms with van der Waals surface area (Å²) in [6.07, 6.45) is 0. The number of hydrogen-bond donors (Lipinski definition) is 1. The van der Waals surface area contributed by atoms with Crippen molar-refractivity contribution in [3.05, 3.63) is 65.7 Å². The van der Waals surface area contributed by atoms with Crippen LogP contribution in [0, 0.1) is 0 Å². The Labute approximate surface area is 142 Å². The molecule has 0 atom stereocenters. The summed E-state index contributed by atoms with van der Waals surface area (Å²) in [4.78, 5) is 14.5. The smallest absolute Gasteiger partial charge is 0.265 e. The maximum atomic E-state index is 12.3. The third-order valence-electron chi connectivity index (χ3n) is 4.13. The van der Waals surface area contributed by atoms with E-state index in [1.807, 2.05) is 47.5 Å². The van der Waals surface area contributed by atoms with Gasteiger partial charge in [0.1, 0.15) is 12.4 Å². The number of hydrogen-bond acceptors (Lipinski definition) is 4. The van der Waals surface area contributed by atoms with Crippen molar-refractivity contribution >= 4 is 5.91 Å². The number of benzene rings is 2. The molecular weight excluding hydrogens is 302 g/mol. The van der Waals surface area contributed by atoms with Crippen LogP contribution in [-0.4, -0.2) is 49.0 Å². The second kappa shape index (κ2) is 7.95. The van der Waals surface area contributed by atoms with Crippen molar-refractivity contribution in [1.29, 1.82) is 0 Å². The highest BCUT2D eigenvalue weighted by atomic mass is 16.5. The first-order chi connectivity index (χ1) is 11.7. The molecule has 0 aromatic heterocycles. The Hall–Kier alpha value is -2.37. The zero-order chi connectivity index (χ0) is 16.8. The van der Waals surface area contributed by atoms with Gasteiger partial charge in [0.05, 0.1) is 0 Å². The standard InChI is InChI=1S/C19H23N3O2/c1-21-11-13-22(14-12-21)20-19(23)17-7-9-18(10-8-17)24-15-16-5-3-2-4-6-16/h2-10H,11-15H2,1H3,(H,20,23). The van der Waals surface area contributed by atoms with Gasteiger partial charge < -0.3 is 9.64 Å². The van der Waals surface area contributed by atoms with Gasteiger partial charge in [0, 0.05) is 31.7 Å². The molecule has 5 nitrogen and oxygen atoms in total. The normalized spacial score (nSPS) is 15.9. The highest BCUT2D eigenvalue weighted by Crippen LogP contribution is 2.14. The Morgan fingerprint density at radius 3 is 2.33 bits per heavy atom. The van der Waals surface area contributed by atoms with Crippen molar-refractivity contribution in [3.8, 4) is 5.75 Å². The summed E-state index contributed by atoms with van der Waals surface area (Å²) < 4.78 is 5.74. The quantitative estimate of drug-likeness (QED) is 0.915. The monoisotopic (exact) mass is 325 g/mol. The molecular formula is C19H23N3O2. The van der Waals surface area contributed by atoms with Crippen molar-refractivity contribution in [2.75, 3.05) is 33.2 Å². The highest BCUT2D eigenvalue weighted by Gasteiger charge is 2.16. The van der Waals surface area contributed by atoms with Crippen LogP contribution in [0.4, 0.5) is 0 Å². The van der Waals surface area contributed by atoms with Crippen molar-refractivity contribution in [1.82, 2.24) is 15.3 Å². The molecule has 0 aliphatic carbocycles. The van der Waals surface area contributed by atoms with Gasteiger partial charge in [-0.3, -0.25) is 10.2 Å². The molecule has 0 unspecified atom stereocenters. The number of nitrogens with one attached hydrogen (secondary N) is 1. The number of amides is 1. The van der Waals surface area contributed by atoms with E-state index in [2.05, 4.69) is 17.4 Å². The van der Waals surface area contributed by atoms with Crippen molar-refractivity contribution < 1.29 is 9.53 Å². The summed E-state index contributed by atoms with van der Waals surface area (Å²) >= 11 is 0. The van der Waals surface area contributed by atoms with Crippen LogP contribution in [0.1, 0.15) is 15.9 Å². The molecule has 2 aromatic carbocycles. The van der Waals surface area contributed by atoms with Crippen LogP contribution in [0.25, 0.3) is 0 Å². The third-order valence-corrected chi connectivity index (χ3v) is 4.13. The molecule has 1 heterocycles. The third kappa shape index (κ3) is 4.57. The van der Waals surface area contributed by atoms with E-state index >= 15 is 0 Å². The molecule has 1 saturated heterocycles. The first-order valence-corrected chi connectivity index (χ1v) is 8.22. The lowest BCUT2D eigenvalue weighted by molar-refractivity contribution is 0.0662. The van der Waals surface area contributed by atoms with Gasteiger partial charge in [0.15, 0.2) is 0 Å². The van der Waals surface area contributed by atoms with E-state index in [-0.39, 0.29) is 5.91 Å². The topological polar surface area (TPSA) is 44.8 Å². The molecule has 0 radical (unpaired) electrons. The zero-order valence-corrected chi connectivity index (χ0v) is 13.9. The molecule has 3 rings (SSSR count). The first kappa shape index (κ1) is 16.5. The summed E-state index contributed by atoms with van der Waals surface area (Å²) in [7, 11) is 2.09. The lowest BCUT2D eigenvalue weighted by Crippen LogP contribution is -2.52. The maximum Gasteiger partial charge on any atom is 0.265 e. The van der Waals surface area contributed by atoms with Gasteiger partial charge in [-0.05, 0) is 36.9 Å². The lowest BCUT2D eigenvalue weighted by Gasteiger charge is -2.32. The van der Waals surface area contributed by atoms with Crippen LogP contribution in [-0.2, 0) is 6.61 Å². The minimum atomic E-state index is -0.0748. The minimum Gasteiger partial charge on any atom is -0.489 e. The van der Waals surface area contributed by atoms with Gasteiger partial charge in [-0.2, -0.15) is 0 Å². The van der Waals surface area contributed by atoms with Crippen molar-refractivity contribution in [3.63, 3.8) is 0 Å². The molecule has 0 saturated carbocycles. The molecule has 1 fully saturated rings. The number of rotatable bonds is 5. The second-order valence-electron chi connectivity index (χ2n) is 6.03. The molecule has 0 bridgehead atoms. The predicted molar refractivity (Wildman–Crippen MR) is 93.8 cm³/mol. The molecule has 5 heteroatoms. The predicted octanol–water partition coefficient (Wildman–Crippen LogP) is 2.16. The molecule has 1 aliphatic rings. The Kier molecular flexibility index (Phi) is 5.46. The Balaban J connectivity index is 1.51. The molecule has 1 N–H and O–H groups in total. The molecule has 0 spiro atoms. The van der Waals surface area contributed by atoms with Crippen LogP contribution in [0.5, 0.6) is 5.75 Å². The van der Waals surface area contributed by atoms with Gasteiger partial charge in [-0.1, -0.05) is 30.3 Å². The Morgan fingerprint density at radius 2 is 1.67 bits per heavy atom. The van der Waals surface area contributed by atoms with Crippen molar-refractivity contribution in [2.45, 2.75) is 6.61 Å². The maximum absolute atomic E-state index is 12.3. The average molecular weight is 325 g/mol. The van der Waals surface area contributed by atoms with Crippen LogP contribution in [0.3, 0.4) is 0 Å². The molecule has 2 aromatic rings. The van der Waals surface area contributed by atoms with Crippen LogP contribution >= 0.6 is 0 Å². The number of likely N-dealkylation sites (N-methyl/N-ethyl adjacent to an activating group) is 1. The zero-order valence-electron chi connectivity index (χ0n) is 13.9. The molecule has 126 valence electrons. The number of carbonyl (C=O) groups excluding carboxylic acids is 1. The fourth-order valence-corrected chi connectivity index (χ4v) is 2.57. The largest absolute Gasteiger partial charge is 0.489 e. The highest BCUT2D eigenvalue weighted by molar-refractivity contribution is 5.93. The molecule has 1 aliphatic heterocycles. The Bertz CT molecular complexity index is 650. The summed E-state index contributed by atoms with van der Waals surface area (Å²) in [5.74, 6) is 0.684. The van der Waals surface area contributed by atoms with E-state index in [1.165, 1.54) is 0 Å². The number of ether oxygens (including phenoxy) is 1. The number of hydrazine groups is 1. The SMILES string of the molecule is CN1CCN(NC(=O)c2ccc(OCc3ccccc3)cc2)CC1. The van der Waals surface area contributed by atoms with E-state index in [4.69, 9.17) is 4.74 Å². The van der Waals surface area contributed by atoms with E-state index in [9.17, 15) is 4.79 Å². The molecule has 24 heavy (non-hydrogen) atoms. The van der Waals surface area contributed by atoms with Crippen LogP contribution in [0.15, 0.2) is 54.6 Å². The first-order valence-electron chi connectivity index (χ1n) is 8.22. The van der Waals surface area contributed by atoms with Crippen molar-refractivity contribution in [2.24, 2.45) is 0 Å². The fraction of sp³-hybridized carbons (Fsp3) is 0.316. The second-order valence-corrected chi connectivity index (χ2v) is 6.03. The van der Waals surface area contributed by atoms with E-state index in [1.54, 1.807) is 12.1 Å². The average Bonchev–Trinajstić information content (AvgIpc) is 2.63. The lowest BCUT2D eigenvalue weighted by atomic mass is 10.2. The molecule has 1 amide bonds.